The second kappa shape index (κ2) is 6.70. The normalized spacial score (nSPS) is 16.6. The lowest BCUT2D eigenvalue weighted by molar-refractivity contribution is 0.0643. The number of rotatable bonds is 3. The van der Waals surface area contributed by atoms with Gasteiger partial charge in [0.2, 0.25) is 5.89 Å². The van der Waals surface area contributed by atoms with E-state index in [1.165, 1.54) is 0 Å². The summed E-state index contributed by atoms with van der Waals surface area (Å²) >= 11 is 6.28. The molecule has 5 heterocycles. The predicted molar refractivity (Wildman–Crippen MR) is 104 cm³/mol. The van der Waals surface area contributed by atoms with E-state index in [1.807, 2.05) is 32.0 Å². The largest absolute Gasteiger partial charge is 0.417 e. The van der Waals surface area contributed by atoms with E-state index in [0.717, 1.165) is 16.9 Å². The van der Waals surface area contributed by atoms with Crippen molar-refractivity contribution in [3.05, 3.63) is 64.6 Å². The molecule has 29 heavy (non-hydrogen) atoms. The van der Waals surface area contributed by atoms with Gasteiger partial charge < -0.3 is 14.3 Å². The van der Waals surface area contributed by atoms with Gasteiger partial charge in [-0.05, 0) is 18.2 Å². The molecule has 0 radical (unpaired) electrons. The maximum Gasteiger partial charge on any atom is 0.312 e. The van der Waals surface area contributed by atoms with Crippen molar-refractivity contribution in [3.63, 3.8) is 0 Å². The second-order valence-electron chi connectivity index (χ2n) is 7.27. The molecule has 1 aliphatic rings. The summed E-state index contributed by atoms with van der Waals surface area (Å²) in [5.41, 5.74) is 3.24. The average molecular weight is 412 g/mol. The Morgan fingerprint density at radius 1 is 1.34 bits per heavy atom. The molecule has 0 saturated heterocycles. The summed E-state index contributed by atoms with van der Waals surface area (Å²) < 4.78 is 7.25. The summed E-state index contributed by atoms with van der Waals surface area (Å²) in [5, 5.41) is 13.1. The van der Waals surface area contributed by atoms with Gasteiger partial charge in [-0.3, -0.25) is 4.79 Å². The molecule has 9 nitrogen and oxygen atoms in total. The van der Waals surface area contributed by atoms with Crippen LogP contribution in [-0.2, 0) is 6.42 Å². The molecule has 0 aromatic carbocycles. The molecule has 0 unspecified atom stereocenters. The first-order valence-electron chi connectivity index (χ1n) is 9.33. The van der Waals surface area contributed by atoms with Crippen molar-refractivity contribution < 1.29 is 9.21 Å². The zero-order valence-electron chi connectivity index (χ0n) is 15.8. The van der Waals surface area contributed by atoms with E-state index in [9.17, 15) is 4.79 Å². The zero-order chi connectivity index (χ0) is 20.1. The van der Waals surface area contributed by atoms with Gasteiger partial charge in [0, 0.05) is 24.6 Å². The fourth-order valence-electron chi connectivity index (χ4n) is 3.61. The highest BCUT2D eigenvalue weighted by molar-refractivity contribution is 6.29. The Morgan fingerprint density at radius 3 is 2.97 bits per heavy atom. The van der Waals surface area contributed by atoms with Crippen molar-refractivity contribution in [3.8, 4) is 0 Å². The van der Waals surface area contributed by atoms with Gasteiger partial charge in [0.1, 0.15) is 11.2 Å². The number of pyridine rings is 1. The number of nitrogens with zero attached hydrogens (tertiary/aromatic N) is 6. The third kappa shape index (κ3) is 2.89. The average Bonchev–Trinajstić information content (AvgIpc) is 3.44. The van der Waals surface area contributed by atoms with Gasteiger partial charge in [-0.15, -0.1) is 10.2 Å². The van der Waals surface area contributed by atoms with E-state index >= 15 is 0 Å². The number of imidazole rings is 1. The Hall–Kier alpha value is -3.20. The molecule has 1 amide bonds. The third-order valence-electron chi connectivity index (χ3n) is 5.04. The highest BCUT2D eigenvalue weighted by Gasteiger charge is 2.38. The van der Waals surface area contributed by atoms with Crippen LogP contribution in [0.5, 0.6) is 0 Å². The second-order valence-corrected chi connectivity index (χ2v) is 7.66. The Morgan fingerprint density at radius 2 is 2.21 bits per heavy atom. The van der Waals surface area contributed by atoms with Crippen molar-refractivity contribution >= 4 is 23.0 Å². The molecule has 4 aromatic rings. The molecular formula is C19H18ClN7O2. The lowest BCUT2D eigenvalue weighted by atomic mass is 9.99. The van der Waals surface area contributed by atoms with Crippen LogP contribution < -0.4 is 0 Å². The predicted octanol–water partition coefficient (Wildman–Crippen LogP) is 3.01. The summed E-state index contributed by atoms with van der Waals surface area (Å²) in [6.07, 6.45) is 2.29. The molecular weight excluding hydrogens is 394 g/mol. The van der Waals surface area contributed by atoms with Crippen LogP contribution in [0, 0.1) is 0 Å². The van der Waals surface area contributed by atoms with E-state index in [1.54, 1.807) is 21.8 Å². The minimum Gasteiger partial charge on any atom is -0.417 e. The van der Waals surface area contributed by atoms with E-state index in [-0.39, 0.29) is 17.7 Å². The van der Waals surface area contributed by atoms with Crippen LogP contribution in [0.15, 0.2) is 35.0 Å². The van der Waals surface area contributed by atoms with Crippen molar-refractivity contribution in [1.82, 2.24) is 34.7 Å². The molecule has 0 saturated carbocycles. The van der Waals surface area contributed by atoms with Crippen LogP contribution in [0.25, 0.3) is 5.52 Å². The Kier molecular flexibility index (Phi) is 4.13. The maximum atomic E-state index is 13.3. The number of hydrogen-bond acceptors (Lipinski definition) is 6. The minimum absolute atomic E-state index is 0.0283. The quantitative estimate of drug-likeness (QED) is 0.519. The summed E-state index contributed by atoms with van der Waals surface area (Å²) in [6.45, 7) is 4.34. The molecule has 0 spiro atoms. The van der Waals surface area contributed by atoms with Gasteiger partial charge in [0.15, 0.2) is 0 Å². The number of H-pyrrole nitrogens is 1. The van der Waals surface area contributed by atoms with Gasteiger partial charge in [-0.2, -0.15) is 5.10 Å². The van der Waals surface area contributed by atoms with Crippen LogP contribution in [0.3, 0.4) is 0 Å². The molecule has 4 aromatic heterocycles. The fraction of sp³-hybridized carbons (Fsp3) is 0.316. The van der Waals surface area contributed by atoms with Gasteiger partial charge >= 0.3 is 11.8 Å². The van der Waals surface area contributed by atoms with Crippen molar-refractivity contribution in [2.75, 3.05) is 6.54 Å². The topological polar surface area (TPSA) is 105 Å². The molecule has 1 aliphatic heterocycles. The van der Waals surface area contributed by atoms with Gasteiger partial charge in [-0.1, -0.05) is 31.5 Å². The number of aromatic nitrogens is 6. The minimum atomic E-state index is -0.483. The molecule has 1 N–H and O–H groups in total. The molecule has 148 valence electrons. The van der Waals surface area contributed by atoms with Crippen LogP contribution >= 0.6 is 11.6 Å². The van der Waals surface area contributed by atoms with E-state index in [4.69, 9.17) is 16.0 Å². The van der Waals surface area contributed by atoms with Crippen LogP contribution in [-0.4, -0.2) is 47.1 Å². The molecule has 5 rings (SSSR count). The van der Waals surface area contributed by atoms with Crippen LogP contribution in [0.1, 0.15) is 59.5 Å². The Labute approximate surface area is 170 Å². The summed E-state index contributed by atoms with van der Waals surface area (Å²) in [7, 11) is 0. The lowest BCUT2D eigenvalue weighted by Crippen LogP contribution is -2.41. The van der Waals surface area contributed by atoms with Crippen LogP contribution in [0.2, 0.25) is 5.15 Å². The van der Waals surface area contributed by atoms with Crippen LogP contribution in [0.4, 0.5) is 0 Å². The third-order valence-corrected chi connectivity index (χ3v) is 5.33. The molecule has 0 fully saturated rings. The number of halogens is 1. The number of fused-ring (bicyclic) bond motifs is 2. The SMILES string of the molecule is CC(C)c1nnc(C(=O)N2CCc3[nH]cnc3[C@@H]2c2cc3cccc(Cl)n3n2)o1. The summed E-state index contributed by atoms with van der Waals surface area (Å²) in [5.74, 6) is 0.104. The number of amides is 1. The molecule has 10 heteroatoms. The Bertz CT molecular complexity index is 1210. The number of nitrogens with one attached hydrogen (secondary N) is 1. The molecule has 0 bridgehead atoms. The standard InChI is InChI=1S/C19H18ClN7O2/c1-10(2)17-23-24-18(29-17)19(28)26-7-6-12-15(22-9-21-12)16(26)13-8-11-4-3-5-14(20)27(11)25-13/h3-5,8-10,16H,6-7H2,1-2H3,(H,21,22)/t16-/m0/s1. The van der Waals surface area contributed by atoms with Crippen molar-refractivity contribution in [1.29, 1.82) is 0 Å². The Balaban J connectivity index is 1.60. The summed E-state index contributed by atoms with van der Waals surface area (Å²) in [4.78, 5) is 22.6. The number of aromatic amines is 1. The first kappa shape index (κ1) is 17.9. The highest BCUT2D eigenvalue weighted by Crippen LogP contribution is 2.34. The summed E-state index contributed by atoms with van der Waals surface area (Å²) in [6, 6.07) is 6.96. The van der Waals surface area contributed by atoms with E-state index in [2.05, 4.69) is 25.3 Å². The van der Waals surface area contributed by atoms with Crippen molar-refractivity contribution in [2.45, 2.75) is 32.2 Å². The number of hydrogen-bond donors (Lipinski definition) is 1. The highest BCUT2D eigenvalue weighted by atomic mass is 35.5. The van der Waals surface area contributed by atoms with Crippen molar-refractivity contribution in [2.24, 2.45) is 0 Å². The first-order chi connectivity index (χ1) is 14.0. The van der Waals surface area contributed by atoms with E-state index < -0.39 is 6.04 Å². The molecule has 1 atom stereocenters. The van der Waals surface area contributed by atoms with Gasteiger partial charge in [0.25, 0.3) is 0 Å². The number of carbonyl (C=O) groups excluding carboxylic acids is 1. The smallest absolute Gasteiger partial charge is 0.312 e. The first-order valence-corrected chi connectivity index (χ1v) is 9.71. The fourth-order valence-corrected chi connectivity index (χ4v) is 3.82. The lowest BCUT2D eigenvalue weighted by Gasteiger charge is -2.32. The maximum absolute atomic E-state index is 13.3. The van der Waals surface area contributed by atoms with E-state index in [0.29, 0.717) is 29.7 Å². The van der Waals surface area contributed by atoms with Gasteiger partial charge in [-0.25, -0.2) is 9.50 Å². The zero-order valence-corrected chi connectivity index (χ0v) is 16.6. The molecule has 0 aliphatic carbocycles. The monoisotopic (exact) mass is 411 g/mol. The van der Waals surface area contributed by atoms with Gasteiger partial charge in [0.05, 0.1) is 23.2 Å². The number of carbonyl (C=O) groups is 1.